The maximum absolute atomic E-state index is 12.5. The smallest absolute Gasteiger partial charge is 0.255 e. The zero-order valence-electron chi connectivity index (χ0n) is 16.8. The van der Waals surface area contributed by atoms with Gasteiger partial charge in [0.05, 0.1) is 11.8 Å². The summed E-state index contributed by atoms with van der Waals surface area (Å²) in [7, 11) is 0. The van der Waals surface area contributed by atoms with E-state index in [-0.39, 0.29) is 12.0 Å². The zero-order chi connectivity index (χ0) is 20.5. The summed E-state index contributed by atoms with van der Waals surface area (Å²) in [5.74, 6) is 1.21. The molecular formula is C25H23N3O2. The molecule has 0 atom stereocenters. The van der Waals surface area contributed by atoms with Gasteiger partial charge < -0.3 is 15.0 Å². The van der Waals surface area contributed by atoms with Crippen molar-refractivity contribution in [1.29, 1.82) is 0 Å². The Labute approximate surface area is 175 Å². The minimum Gasteiger partial charge on any atom is -0.490 e. The van der Waals surface area contributed by atoms with Crippen molar-refractivity contribution in [3.63, 3.8) is 0 Å². The molecule has 5 nitrogen and oxygen atoms in total. The van der Waals surface area contributed by atoms with Gasteiger partial charge in [-0.1, -0.05) is 24.3 Å². The van der Waals surface area contributed by atoms with Crippen LogP contribution in [0, 0.1) is 6.92 Å². The van der Waals surface area contributed by atoms with E-state index in [4.69, 9.17) is 4.74 Å². The molecule has 1 amide bonds. The van der Waals surface area contributed by atoms with E-state index in [0.29, 0.717) is 11.5 Å². The van der Waals surface area contributed by atoms with Gasteiger partial charge in [0.25, 0.3) is 5.91 Å². The number of nitrogens with one attached hydrogen (secondary N) is 2. The van der Waals surface area contributed by atoms with Gasteiger partial charge in [-0.15, -0.1) is 0 Å². The Kier molecular flexibility index (Phi) is 4.71. The fourth-order valence-electron chi connectivity index (χ4n) is 3.91. The fourth-order valence-corrected chi connectivity index (χ4v) is 3.91. The number of ether oxygens (including phenoxy) is 1. The van der Waals surface area contributed by atoms with Crippen molar-refractivity contribution in [2.24, 2.45) is 0 Å². The Hall–Kier alpha value is -3.60. The van der Waals surface area contributed by atoms with Gasteiger partial charge in [0.1, 0.15) is 5.75 Å². The van der Waals surface area contributed by atoms with Crippen LogP contribution in [0.1, 0.15) is 40.4 Å². The minimum atomic E-state index is -0.128. The number of fused-ring (bicyclic) bond motifs is 1. The first kappa shape index (κ1) is 18.4. The quantitative estimate of drug-likeness (QED) is 0.471. The number of aromatic amines is 1. The topological polar surface area (TPSA) is 67.0 Å². The molecule has 0 saturated heterocycles. The second-order valence-electron chi connectivity index (χ2n) is 7.87. The van der Waals surface area contributed by atoms with Gasteiger partial charge in [0, 0.05) is 34.6 Å². The molecule has 5 heteroatoms. The first-order chi connectivity index (χ1) is 14.7. The minimum absolute atomic E-state index is 0.128. The molecule has 2 aromatic heterocycles. The number of hydrogen-bond donors (Lipinski definition) is 2. The van der Waals surface area contributed by atoms with Gasteiger partial charge in [-0.25, -0.2) is 0 Å². The van der Waals surface area contributed by atoms with Gasteiger partial charge >= 0.3 is 0 Å². The van der Waals surface area contributed by atoms with Crippen molar-refractivity contribution >= 4 is 22.5 Å². The Balaban J connectivity index is 1.27. The van der Waals surface area contributed by atoms with Crippen LogP contribution in [0.25, 0.3) is 10.9 Å². The number of nitrogens with zero attached hydrogens (tertiary/aromatic N) is 1. The molecule has 5 rings (SSSR count). The van der Waals surface area contributed by atoms with Crippen LogP contribution in [0.2, 0.25) is 0 Å². The van der Waals surface area contributed by atoms with E-state index < -0.39 is 0 Å². The third-order valence-electron chi connectivity index (χ3n) is 5.74. The number of hydrogen-bond acceptors (Lipinski definition) is 3. The number of pyridine rings is 1. The van der Waals surface area contributed by atoms with Gasteiger partial charge in [-0.2, -0.15) is 0 Å². The SMILES string of the molecule is Cc1ccc(C2CC(Oc3ccc4[nH]cc(NC(=O)c5ccccc5)c4c3)C2)cn1. The molecule has 2 aromatic carbocycles. The molecule has 0 bridgehead atoms. The van der Waals surface area contributed by atoms with Gasteiger partial charge in [-0.3, -0.25) is 9.78 Å². The summed E-state index contributed by atoms with van der Waals surface area (Å²) in [5, 5.41) is 3.93. The molecule has 0 spiro atoms. The third kappa shape index (κ3) is 3.66. The highest BCUT2D eigenvalue weighted by Gasteiger charge is 2.32. The lowest BCUT2D eigenvalue weighted by Gasteiger charge is -2.35. The van der Waals surface area contributed by atoms with Crippen molar-refractivity contribution in [2.75, 3.05) is 5.32 Å². The maximum atomic E-state index is 12.5. The second-order valence-corrected chi connectivity index (χ2v) is 7.87. The molecule has 0 radical (unpaired) electrons. The van der Waals surface area contributed by atoms with Crippen molar-refractivity contribution < 1.29 is 9.53 Å². The highest BCUT2D eigenvalue weighted by molar-refractivity contribution is 6.09. The van der Waals surface area contributed by atoms with Gasteiger partial charge in [0.15, 0.2) is 0 Å². The average Bonchev–Trinajstić information content (AvgIpc) is 3.14. The number of H-pyrrole nitrogens is 1. The van der Waals surface area contributed by atoms with Crippen LogP contribution >= 0.6 is 0 Å². The second kappa shape index (κ2) is 7.67. The van der Waals surface area contributed by atoms with Crippen molar-refractivity contribution in [3.8, 4) is 5.75 Å². The number of benzene rings is 2. The molecule has 2 N–H and O–H groups in total. The Bertz CT molecular complexity index is 1180. The van der Waals surface area contributed by atoms with Crippen LogP contribution in [0.3, 0.4) is 0 Å². The summed E-state index contributed by atoms with van der Waals surface area (Å²) in [4.78, 5) is 20.1. The predicted molar refractivity (Wildman–Crippen MR) is 118 cm³/mol. The summed E-state index contributed by atoms with van der Waals surface area (Å²) in [6.07, 6.45) is 5.99. The number of anilines is 1. The van der Waals surface area contributed by atoms with E-state index in [1.165, 1.54) is 5.56 Å². The third-order valence-corrected chi connectivity index (χ3v) is 5.74. The molecule has 2 heterocycles. The molecular weight excluding hydrogens is 374 g/mol. The van der Waals surface area contributed by atoms with Gasteiger partial charge in [0.2, 0.25) is 0 Å². The fraction of sp³-hybridized carbons (Fsp3) is 0.200. The van der Waals surface area contributed by atoms with E-state index >= 15 is 0 Å². The van der Waals surface area contributed by atoms with Crippen LogP contribution in [0.4, 0.5) is 5.69 Å². The van der Waals surface area contributed by atoms with E-state index in [0.717, 1.165) is 40.9 Å². The summed E-state index contributed by atoms with van der Waals surface area (Å²) in [5.41, 5.74) is 4.67. The molecule has 0 unspecified atom stereocenters. The van der Waals surface area contributed by atoms with Crippen LogP contribution in [0.5, 0.6) is 5.75 Å². The molecule has 0 aliphatic heterocycles. The first-order valence-corrected chi connectivity index (χ1v) is 10.2. The van der Waals surface area contributed by atoms with E-state index in [2.05, 4.69) is 27.4 Å². The summed E-state index contributed by atoms with van der Waals surface area (Å²) >= 11 is 0. The van der Waals surface area contributed by atoms with Crippen molar-refractivity contribution in [1.82, 2.24) is 9.97 Å². The molecule has 1 fully saturated rings. The number of carbonyl (C=O) groups excluding carboxylic acids is 1. The molecule has 30 heavy (non-hydrogen) atoms. The Morgan fingerprint density at radius 3 is 2.70 bits per heavy atom. The van der Waals surface area contributed by atoms with Crippen LogP contribution in [-0.2, 0) is 0 Å². The number of rotatable bonds is 5. The van der Waals surface area contributed by atoms with Crippen LogP contribution in [-0.4, -0.2) is 22.0 Å². The normalized spacial score (nSPS) is 18.0. The number of aryl methyl sites for hydroxylation is 1. The monoisotopic (exact) mass is 397 g/mol. The zero-order valence-corrected chi connectivity index (χ0v) is 16.8. The van der Waals surface area contributed by atoms with Crippen LogP contribution in [0.15, 0.2) is 73.1 Å². The predicted octanol–water partition coefficient (Wildman–Crippen LogP) is 5.45. The molecule has 150 valence electrons. The van der Waals surface area contributed by atoms with Crippen molar-refractivity contribution in [2.45, 2.75) is 31.8 Å². The van der Waals surface area contributed by atoms with E-state index in [1.807, 2.05) is 55.7 Å². The summed E-state index contributed by atoms with van der Waals surface area (Å²) < 4.78 is 6.20. The Morgan fingerprint density at radius 2 is 1.93 bits per heavy atom. The summed E-state index contributed by atoms with van der Waals surface area (Å²) in [6, 6.07) is 19.4. The lowest BCUT2D eigenvalue weighted by Crippen LogP contribution is -2.32. The van der Waals surface area contributed by atoms with Crippen molar-refractivity contribution in [3.05, 3.63) is 89.9 Å². The molecule has 1 saturated carbocycles. The highest BCUT2D eigenvalue weighted by atomic mass is 16.5. The number of amides is 1. The average molecular weight is 397 g/mol. The maximum Gasteiger partial charge on any atom is 0.255 e. The number of aromatic nitrogens is 2. The van der Waals surface area contributed by atoms with E-state index in [1.54, 1.807) is 12.1 Å². The largest absolute Gasteiger partial charge is 0.490 e. The van der Waals surface area contributed by atoms with Crippen LogP contribution < -0.4 is 10.1 Å². The first-order valence-electron chi connectivity index (χ1n) is 10.2. The molecule has 1 aliphatic carbocycles. The highest BCUT2D eigenvalue weighted by Crippen LogP contribution is 2.39. The summed E-state index contributed by atoms with van der Waals surface area (Å²) in [6.45, 7) is 2.00. The molecule has 4 aromatic rings. The lowest BCUT2D eigenvalue weighted by molar-refractivity contribution is 0.0985. The Morgan fingerprint density at radius 1 is 1.10 bits per heavy atom. The van der Waals surface area contributed by atoms with Gasteiger partial charge in [-0.05, 0) is 67.6 Å². The number of carbonyl (C=O) groups is 1. The standard InChI is InChI=1S/C25H23N3O2/c1-16-7-8-18(14-26-16)19-11-21(12-19)30-20-9-10-23-22(13-20)24(15-27-23)28-25(29)17-5-3-2-4-6-17/h2-10,13-15,19,21,27H,11-12H2,1H3,(H,28,29). The lowest BCUT2D eigenvalue weighted by atomic mass is 9.78. The molecule has 1 aliphatic rings. The van der Waals surface area contributed by atoms with E-state index in [9.17, 15) is 4.79 Å².